The number of hydrogen-bond donors (Lipinski definition) is 2. The summed E-state index contributed by atoms with van der Waals surface area (Å²) in [5, 5.41) is 19.2. The van der Waals surface area contributed by atoms with Gasteiger partial charge in [0.05, 0.1) is 12.0 Å². The third-order valence-electron chi connectivity index (χ3n) is 4.59. The number of aliphatic hydroxyl groups excluding tert-OH is 1. The van der Waals surface area contributed by atoms with Crippen molar-refractivity contribution in [1.82, 2.24) is 0 Å². The standard InChI is InChI=1S/C21H20O5S/c22-18-13-19(23)17(11-9-14-5-2-1-3-6-14)16(18)8-4-7-15-10-12-20(27-15)26-21(24)25/h1-3,5-6,10,12,16-17,19,23H,4,7-8,13H2,(H,24,25)/t16-,17+,19+/m0/s1. The van der Waals surface area contributed by atoms with Gasteiger partial charge in [-0.2, -0.15) is 0 Å². The number of ketones is 1. The molecule has 140 valence electrons. The van der Waals surface area contributed by atoms with Gasteiger partial charge in [0.15, 0.2) is 5.06 Å². The Morgan fingerprint density at radius 3 is 2.74 bits per heavy atom. The van der Waals surface area contributed by atoms with E-state index in [2.05, 4.69) is 16.6 Å². The molecule has 27 heavy (non-hydrogen) atoms. The van der Waals surface area contributed by atoms with Crippen molar-refractivity contribution >= 4 is 23.3 Å². The van der Waals surface area contributed by atoms with Gasteiger partial charge in [-0.05, 0) is 43.5 Å². The van der Waals surface area contributed by atoms with E-state index in [1.807, 2.05) is 36.4 Å². The van der Waals surface area contributed by atoms with E-state index < -0.39 is 12.3 Å². The van der Waals surface area contributed by atoms with Crippen molar-refractivity contribution < 1.29 is 24.5 Å². The first-order valence-electron chi connectivity index (χ1n) is 8.80. The molecule has 2 aromatic rings. The maximum absolute atomic E-state index is 12.3. The van der Waals surface area contributed by atoms with Crippen molar-refractivity contribution in [3.8, 4) is 16.9 Å². The van der Waals surface area contributed by atoms with Crippen LogP contribution in [0.3, 0.4) is 0 Å². The molecule has 0 radical (unpaired) electrons. The van der Waals surface area contributed by atoms with Crippen molar-refractivity contribution in [2.45, 2.75) is 31.8 Å². The first kappa shape index (κ1) is 19.2. The van der Waals surface area contributed by atoms with Crippen LogP contribution in [0.5, 0.6) is 5.06 Å². The zero-order chi connectivity index (χ0) is 19.2. The molecule has 0 aliphatic heterocycles. The van der Waals surface area contributed by atoms with E-state index in [0.29, 0.717) is 11.5 Å². The number of carboxylic acid groups (broad SMARTS) is 1. The largest absolute Gasteiger partial charge is 0.512 e. The summed E-state index contributed by atoms with van der Waals surface area (Å²) in [5.41, 5.74) is 0.868. The van der Waals surface area contributed by atoms with Crippen LogP contribution >= 0.6 is 11.3 Å². The van der Waals surface area contributed by atoms with Crippen LogP contribution in [-0.2, 0) is 11.2 Å². The maximum atomic E-state index is 12.3. The Hall–Kier alpha value is -2.62. The highest BCUT2D eigenvalue weighted by Crippen LogP contribution is 2.33. The van der Waals surface area contributed by atoms with Gasteiger partial charge in [0, 0.05) is 22.8 Å². The Balaban J connectivity index is 1.59. The summed E-state index contributed by atoms with van der Waals surface area (Å²) in [6.45, 7) is 0. The zero-order valence-corrected chi connectivity index (χ0v) is 15.4. The van der Waals surface area contributed by atoms with Gasteiger partial charge in [-0.15, -0.1) is 11.3 Å². The van der Waals surface area contributed by atoms with Crippen molar-refractivity contribution in [3.63, 3.8) is 0 Å². The van der Waals surface area contributed by atoms with Crippen LogP contribution in [0.4, 0.5) is 4.79 Å². The third kappa shape index (κ3) is 5.19. The average molecular weight is 384 g/mol. The van der Waals surface area contributed by atoms with E-state index in [1.54, 1.807) is 6.07 Å². The van der Waals surface area contributed by atoms with Crippen molar-refractivity contribution in [1.29, 1.82) is 0 Å². The van der Waals surface area contributed by atoms with Gasteiger partial charge in [0.2, 0.25) is 0 Å². The van der Waals surface area contributed by atoms with Crippen LogP contribution in [0.25, 0.3) is 0 Å². The summed E-state index contributed by atoms with van der Waals surface area (Å²) in [7, 11) is 0. The molecule has 1 fully saturated rings. The SMILES string of the molecule is O=C(O)Oc1ccc(CCC[C@@H]2C(=O)C[C@@H](O)[C@@H]2C#Cc2ccccc2)s1. The number of ether oxygens (including phenoxy) is 1. The average Bonchev–Trinajstić information content (AvgIpc) is 3.18. The van der Waals surface area contributed by atoms with E-state index >= 15 is 0 Å². The Morgan fingerprint density at radius 1 is 1.22 bits per heavy atom. The lowest BCUT2D eigenvalue weighted by atomic mass is 9.89. The summed E-state index contributed by atoms with van der Waals surface area (Å²) in [6.07, 6.45) is 0.266. The van der Waals surface area contributed by atoms with E-state index in [-0.39, 0.29) is 24.0 Å². The van der Waals surface area contributed by atoms with Gasteiger partial charge >= 0.3 is 6.16 Å². The van der Waals surface area contributed by atoms with Crippen LogP contribution in [-0.4, -0.2) is 28.3 Å². The lowest BCUT2D eigenvalue weighted by Gasteiger charge is -2.15. The summed E-state index contributed by atoms with van der Waals surface area (Å²) in [4.78, 5) is 23.8. The molecule has 1 aliphatic carbocycles. The van der Waals surface area contributed by atoms with Gasteiger partial charge in [0.25, 0.3) is 0 Å². The van der Waals surface area contributed by atoms with E-state index in [1.165, 1.54) is 11.3 Å². The lowest BCUT2D eigenvalue weighted by molar-refractivity contribution is -0.121. The molecule has 6 heteroatoms. The molecule has 2 N–H and O–H groups in total. The van der Waals surface area contributed by atoms with Crippen LogP contribution in [0.2, 0.25) is 0 Å². The summed E-state index contributed by atoms with van der Waals surface area (Å²) in [6, 6.07) is 13.0. The Labute approximate surface area is 161 Å². The Kier molecular flexibility index (Phi) is 6.28. The Bertz CT molecular complexity index is 861. The number of benzene rings is 1. The van der Waals surface area contributed by atoms with Crippen molar-refractivity contribution in [2.24, 2.45) is 11.8 Å². The number of rotatable bonds is 5. The third-order valence-corrected chi connectivity index (χ3v) is 5.62. The second-order valence-electron chi connectivity index (χ2n) is 6.49. The quantitative estimate of drug-likeness (QED) is 0.606. The van der Waals surface area contributed by atoms with Gasteiger partial charge in [-0.25, -0.2) is 4.79 Å². The molecule has 0 bridgehead atoms. The highest BCUT2D eigenvalue weighted by Gasteiger charge is 2.40. The molecule has 3 rings (SSSR count). The topological polar surface area (TPSA) is 83.8 Å². The monoisotopic (exact) mass is 384 g/mol. The minimum atomic E-state index is -1.33. The Morgan fingerprint density at radius 2 is 2.00 bits per heavy atom. The van der Waals surface area contributed by atoms with Crippen LogP contribution in [0.1, 0.15) is 29.7 Å². The van der Waals surface area contributed by atoms with E-state index in [0.717, 1.165) is 23.3 Å². The van der Waals surface area contributed by atoms with Gasteiger partial charge in [-0.3, -0.25) is 4.79 Å². The second-order valence-corrected chi connectivity index (χ2v) is 7.62. The molecule has 0 amide bonds. The van der Waals surface area contributed by atoms with Crippen LogP contribution < -0.4 is 4.74 Å². The lowest BCUT2D eigenvalue weighted by Crippen LogP contribution is -2.19. The van der Waals surface area contributed by atoms with Gasteiger partial charge < -0.3 is 14.9 Å². The van der Waals surface area contributed by atoms with Crippen molar-refractivity contribution in [2.75, 3.05) is 0 Å². The predicted octanol–water partition coefficient (Wildman–Crippen LogP) is 3.75. The van der Waals surface area contributed by atoms with Gasteiger partial charge in [0.1, 0.15) is 5.78 Å². The molecule has 0 spiro atoms. The van der Waals surface area contributed by atoms with Crippen LogP contribution in [0, 0.1) is 23.7 Å². The highest BCUT2D eigenvalue weighted by molar-refractivity contribution is 7.13. The number of hydrogen-bond acceptors (Lipinski definition) is 5. The number of carbonyl (C=O) groups excluding carboxylic acids is 1. The number of thiophene rings is 1. The first-order valence-corrected chi connectivity index (χ1v) is 9.61. The normalized spacial score (nSPS) is 21.5. The summed E-state index contributed by atoms with van der Waals surface area (Å²) >= 11 is 1.29. The predicted molar refractivity (Wildman–Crippen MR) is 102 cm³/mol. The number of aryl methyl sites for hydroxylation is 1. The highest BCUT2D eigenvalue weighted by atomic mass is 32.1. The minimum Gasteiger partial charge on any atom is -0.449 e. The molecule has 1 aromatic heterocycles. The maximum Gasteiger partial charge on any atom is 0.512 e. The molecule has 5 nitrogen and oxygen atoms in total. The number of carbonyl (C=O) groups is 2. The van der Waals surface area contributed by atoms with E-state index in [9.17, 15) is 14.7 Å². The molecule has 1 heterocycles. The molecule has 0 unspecified atom stereocenters. The second kappa shape index (κ2) is 8.85. The fourth-order valence-electron chi connectivity index (χ4n) is 3.31. The molecular weight excluding hydrogens is 364 g/mol. The molecule has 1 saturated carbocycles. The van der Waals surface area contributed by atoms with Gasteiger partial charge in [-0.1, -0.05) is 30.0 Å². The molecule has 1 aliphatic rings. The van der Waals surface area contributed by atoms with Crippen LogP contribution in [0.15, 0.2) is 42.5 Å². The smallest absolute Gasteiger partial charge is 0.449 e. The number of aliphatic hydroxyl groups is 1. The molecule has 1 aromatic carbocycles. The van der Waals surface area contributed by atoms with E-state index in [4.69, 9.17) is 5.11 Å². The first-order chi connectivity index (χ1) is 13.0. The molecule has 3 atom stereocenters. The fraction of sp³-hybridized carbons (Fsp3) is 0.333. The van der Waals surface area contributed by atoms with Crippen molar-refractivity contribution in [3.05, 3.63) is 52.9 Å². The molecule has 0 saturated heterocycles. The zero-order valence-electron chi connectivity index (χ0n) is 14.6. The summed E-state index contributed by atoms with van der Waals surface area (Å²) < 4.78 is 4.63. The minimum absolute atomic E-state index is 0.0657. The fourth-order valence-corrected chi connectivity index (χ4v) is 4.20. The summed E-state index contributed by atoms with van der Waals surface area (Å²) in [5.74, 6) is 5.63. The molecular formula is C21H20O5S. The number of Topliss-reactive ketones (excluding diaryl/α,β-unsaturated/α-hetero) is 1.